The molecule has 2 aromatic heterocycles. The highest BCUT2D eigenvalue weighted by atomic mass is 16.1. The van der Waals surface area contributed by atoms with Crippen molar-refractivity contribution in [1.29, 1.82) is 0 Å². The molecule has 0 aromatic carbocycles. The van der Waals surface area contributed by atoms with E-state index in [-0.39, 0.29) is 5.91 Å². The molecule has 2 rings (SSSR count). The van der Waals surface area contributed by atoms with Crippen LogP contribution in [-0.4, -0.2) is 32.4 Å². The van der Waals surface area contributed by atoms with Crippen LogP contribution in [0.4, 0.5) is 5.82 Å². The average molecular weight is 274 g/mol. The SMILES string of the molecule is CCCNc1ccc(C(=O)NCc2ccnn2C)nn1. The number of anilines is 1. The van der Waals surface area contributed by atoms with Crippen molar-refractivity contribution in [3.8, 4) is 0 Å². The maximum Gasteiger partial charge on any atom is 0.272 e. The third-order valence-electron chi connectivity index (χ3n) is 2.81. The molecule has 0 fully saturated rings. The lowest BCUT2D eigenvalue weighted by Crippen LogP contribution is -2.25. The van der Waals surface area contributed by atoms with Crippen LogP contribution in [0.3, 0.4) is 0 Å². The minimum atomic E-state index is -0.249. The number of hydrogen-bond donors (Lipinski definition) is 2. The quantitative estimate of drug-likeness (QED) is 0.819. The van der Waals surface area contributed by atoms with Gasteiger partial charge in [-0.25, -0.2) is 0 Å². The lowest BCUT2D eigenvalue weighted by atomic mass is 10.3. The van der Waals surface area contributed by atoms with Crippen LogP contribution in [0.25, 0.3) is 0 Å². The maximum absolute atomic E-state index is 11.9. The molecule has 0 spiro atoms. The van der Waals surface area contributed by atoms with E-state index in [1.165, 1.54) is 0 Å². The van der Waals surface area contributed by atoms with Gasteiger partial charge in [0.15, 0.2) is 5.69 Å². The van der Waals surface area contributed by atoms with Crippen molar-refractivity contribution in [3.63, 3.8) is 0 Å². The summed E-state index contributed by atoms with van der Waals surface area (Å²) < 4.78 is 1.71. The molecule has 0 bridgehead atoms. The lowest BCUT2D eigenvalue weighted by molar-refractivity contribution is 0.0944. The molecule has 1 amide bonds. The van der Waals surface area contributed by atoms with Crippen LogP contribution in [0.1, 0.15) is 29.5 Å². The van der Waals surface area contributed by atoms with E-state index in [0.29, 0.717) is 18.1 Å². The molecule has 2 aromatic rings. The Hall–Kier alpha value is -2.44. The molecular formula is C13H18N6O. The zero-order valence-electron chi connectivity index (χ0n) is 11.6. The molecule has 7 heteroatoms. The van der Waals surface area contributed by atoms with E-state index < -0.39 is 0 Å². The van der Waals surface area contributed by atoms with Gasteiger partial charge in [0.25, 0.3) is 5.91 Å². The number of amides is 1. The first-order valence-corrected chi connectivity index (χ1v) is 6.53. The molecule has 0 saturated carbocycles. The second-order valence-electron chi connectivity index (χ2n) is 4.36. The highest BCUT2D eigenvalue weighted by Crippen LogP contribution is 2.03. The van der Waals surface area contributed by atoms with E-state index in [9.17, 15) is 4.79 Å². The summed E-state index contributed by atoms with van der Waals surface area (Å²) in [5, 5.41) is 17.8. The largest absolute Gasteiger partial charge is 0.369 e. The summed E-state index contributed by atoms with van der Waals surface area (Å²) in [6.07, 6.45) is 2.70. The molecule has 7 nitrogen and oxygen atoms in total. The molecular weight excluding hydrogens is 256 g/mol. The minimum Gasteiger partial charge on any atom is -0.369 e. The second-order valence-corrected chi connectivity index (χ2v) is 4.36. The Morgan fingerprint density at radius 2 is 2.15 bits per heavy atom. The van der Waals surface area contributed by atoms with Crippen molar-refractivity contribution >= 4 is 11.7 Å². The molecule has 0 unspecified atom stereocenters. The smallest absolute Gasteiger partial charge is 0.272 e. The van der Waals surface area contributed by atoms with Gasteiger partial charge < -0.3 is 10.6 Å². The molecule has 0 aliphatic carbocycles. The molecule has 106 valence electrons. The zero-order valence-corrected chi connectivity index (χ0v) is 11.6. The fourth-order valence-corrected chi connectivity index (χ4v) is 1.64. The summed E-state index contributed by atoms with van der Waals surface area (Å²) in [5.41, 5.74) is 1.22. The number of hydrogen-bond acceptors (Lipinski definition) is 5. The normalized spacial score (nSPS) is 10.3. The van der Waals surface area contributed by atoms with E-state index in [2.05, 4.69) is 32.9 Å². The van der Waals surface area contributed by atoms with E-state index in [1.807, 2.05) is 13.1 Å². The van der Waals surface area contributed by atoms with Crippen LogP contribution in [0.5, 0.6) is 0 Å². The molecule has 20 heavy (non-hydrogen) atoms. The minimum absolute atomic E-state index is 0.249. The van der Waals surface area contributed by atoms with Gasteiger partial charge in [0.05, 0.1) is 12.2 Å². The first-order chi connectivity index (χ1) is 9.70. The van der Waals surface area contributed by atoms with Crippen molar-refractivity contribution in [2.45, 2.75) is 19.9 Å². The molecule has 0 aliphatic heterocycles. The third-order valence-corrected chi connectivity index (χ3v) is 2.81. The average Bonchev–Trinajstić information content (AvgIpc) is 2.88. The highest BCUT2D eigenvalue weighted by Gasteiger charge is 2.08. The Bertz CT molecular complexity index is 562. The number of rotatable bonds is 6. The monoisotopic (exact) mass is 274 g/mol. The van der Waals surface area contributed by atoms with Crippen molar-refractivity contribution < 1.29 is 4.79 Å². The number of nitrogens with zero attached hydrogens (tertiary/aromatic N) is 4. The van der Waals surface area contributed by atoms with Gasteiger partial charge in [0.2, 0.25) is 0 Å². The number of nitrogens with one attached hydrogen (secondary N) is 2. The number of aryl methyl sites for hydroxylation is 1. The summed E-state index contributed by atoms with van der Waals surface area (Å²) in [6.45, 7) is 3.31. The van der Waals surface area contributed by atoms with Crippen LogP contribution in [0.15, 0.2) is 24.4 Å². The molecule has 2 heterocycles. The van der Waals surface area contributed by atoms with Crippen molar-refractivity contribution in [1.82, 2.24) is 25.3 Å². The number of carbonyl (C=O) groups is 1. The van der Waals surface area contributed by atoms with Crippen molar-refractivity contribution in [2.24, 2.45) is 7.05 Å². The van der Waals surface area contributed by atoms with Crippen molar-refractivity contribution in [3.05, 3.63) is 35.8 Å². The Kier molecular flexibility index (Phi) is 4.65. The van der Waals surface area contributed by atoms with E-state index in [1.54, 1.807) is 23.0 Å². The van der Waals surface area contributed by atoms with Gasteiger partial charge in [-0.2, -0.15) is 5.10 Å². The molecule has 2 N–H and O–H groups in total. The summed E-state index contributed by atoms with van der Waals surface area (Å²) in [5.74, 6) is 0.427. The van der Waals surface area contributed by atoms with Crippen LogP contribution in [0, 0.1) is 0 Å². The van der Waals surface area contributed by atoms with Crippen LogP contribution < -0.4 is 10.6 Å². The predicted molar refractivity (Wildman–Crippen MR) is 75.2 cm³/mol. The highest BCUT2D eigenvalue weighted by molar-refractivity contribution is 5.92. The van der Waals surface area contributed by atoms with E-state index >= 15 is 0 Å². The lowest BCUT2D eigenvalue weighted by Gasteiger charge is -2.06. The Morgan fingerprint density at radius 1 is 1.30 bits per heavy atom. The summed E-state index contributed by atoms with van der Waals surface area (Å²) in [6, 6.07) is 5.26. The molecule has 0 radical (unpaired) electrons. The van der Waals surface area contributed by atoms with E-state index in [4.69, 9.17) is 0 Å². The predicted octanol–water partition coefficient (Wildman–Crippen LogP) is 0.962. The summed E-state index contributed by atoms with van der Waals surface area (Å²) in [4.78, 5) is 11.9. The van der Waals surface area contributed by atoms with Gasteiger partial charge in [-0.1, -0.05) is 6.92 Å². The number of aromatic nitrogens is 4. The third kappa shape index (κ3) is 3.53. The van der Waals surface area contributed by atoms with Gasteiger partial charge in [-0.15, -0.1) is 10.2 Å². The molecule has 0 atom stereocenters. The second kappa shape index (κ2) is 6.65. The first-order valence-electron chi connectivity index (χ1n) is 6.53. The van der Waals surface area contributed by atoms with Gasteiger partial charge in [-0.05, 0) is 24.6 Å². The Labute approximate surface area is 117 Å². The Balaban J connectivity index is 1.90. The topological polar surface area (TPSA) is 84.7 Å². The molecule has 0 aliphatic rings. The molecule has 0 saturated heterocycles. The van der Waals surface area contributed by atoms with Crippen LogP contribution in [-0.2, 0) is 13.6 Å². The van der Waals surface area contributed by atoms with Gasteiger partial charge in [-0.3, -0.25) is 9.48 Å². The Morgan fingerprint density at radius 3 is 2.75 bits per heavy atom. The van der Waals surface area contributed by atoms with Crippen LogP contribution >= 0.6 is 0 Å². The van der Waals surface area contributed by atoms with Crippen molar-refractivity contribution in [2.75, 3.05) is 11.9 Å². The summed E-state index contributed by atoms with van der Waals surface area (Å²) in [7, 11) is 1.83. The van der Waals surface area contributed by atoms with E-state index in [0.717, 1.165) is 18.7 Å². The fraction of sp³-hybridized carbons (Fsp3) is 0.385. The zero-order chi connectivity index (χ0) is 14.4. The van der Waals surface area contributed by atoms with Gasteiger partial charge >= 0.3 is 0 Å². The maximum atomic E-state index is 11.9. The van der Waals surface area contributed by atoms with Gasteiger partial charge in [0.1, 0.15) is 5.82 Å². The standard InChI is InChI=1S/C13H18N6O/c1-3-7-14-12-5-4-11(17-18-12)13(20)15-9-10-6-8-16-19(10)2/h4-6,8H,3,7,9H2,1-2H3,(H,14,18)(H,15,20). The van der Waals surface area contributed by atoms with Crippen LogP contribution in [0.2, 0.25) is 0 Å². The fourth-order valence-electron chi connectivity index (χ4n) is 1.64. The van der Waals surface area contributed by atoms with Gasteiger partial charge in [0, 0.05) is 19.8 Å². The summed E-state index contributed by atoms with van der Waals surface area (Å²) >= 11 is 0. The first kappa shape index (κ1) is 14.0. The number of carbonyl (C=O) groups excluding carboxylic acids is 1.